The summed E-state index contributed by atoms with van der Waals surface area (Å²) in [6.07, 6.45) is 0.218. The average molecular weight is 499 g/mol. The predicted molar refractivity (Wildman–Crippen MR) is 131 cm³/mol. The highest BCUT2D eigenvalue weighted by Gasteiger charge is 2.19. The topological polar surface area (TPSA) is 141 Å². The van der Waals surface area contributed by atoms with Crippen LogP contribution in [0.25, 0.3) is 0 Å². The van der Waals surface area contributed by atoms with Crippen LogP contribution in [0.1, 0.15) is 29.9 Å². The van der Waals surface area contributed by atoms with Crippen LogP contribution in [0, 0.1) is 17.0 Å². The molecule has 1 heterocycles. The van der Waals surface area contributed by atoms with Gasteiger partial charge >= 0.3 is 0 Å². The second-order valence-corrected chi connectivity index (χ2v) is 8.75. The molecular weight excluding hydrogens is 472 g/mol. The molecule has 2 aromatic carbocycles. The minimum absolute atomic E-state index is 0.0355. The van der Waals surface area contributed by atoms with Gasteiger partial charge in [-0.15, -0.1) is 10.2 Å². The Hall–Kier alpha value is -3.93. The monoisotopic (exact) mass is 498 g/mol. The molecule has 1 aromatic heterocycles. The normalized spacial score (nSPS) is 11.5. The van der Waals surface area contributed by atoms with Gasteiger partial charge in [0.25, 0.3) is 5.69 Å². The van der Waals surface area contributed by atoms with Crippen LogP contribution in [0.4, 0.5) is 11.4 Å². The van der Waals surface area contributed by atoms with Gasteiger partial charge in [0.15, 0.2) is 11.0 Å². The number of amides is 2. The van der Waals surface area contributed by atoms with Gasteiger partial charge in [-0.1, -0.05) is 23.9 Å². The number of nitro benzene ring substituents is 1. The van der Waals surface area contributed by atoms with Crippen molar-refractivity contribution in [1.29, 1.82) is 0 Å². The third-order valence-corrected chi connectivity index (χ3v) is 6.20. The smallest absolute Gasteiger partial charge is 0.269 e. The quantitative estimate of drug-likeness (QED) is 0.247. The number of rotatable bonds is 10. The molecule has 2 N–H and O–H groups in total. The van der Waals surface area contributed by atoms with Crippen LogP contribution in [-0.4, -0.2) is 44.4 Å². The first-order chi connectivity index (χ1) is 16.7. The molecule has 0 aliphatic rings. The van der Waals surface area contributed by atoms with Gasteiger partial charge in [-0.3, -0.25) is 19.7 Å². The molecule has 0 spiro atoms. The number of hydrogen-bond donors (Lipinski definition) is 2. The first kappa shape index (κ1) is 25.7. The van der Waals surface area contributed by atoms with E-state index < -0.39 is 4.92 Å². The SMILES string of the molecule is COc1ccc(CC(=O)N[C@H](C)c2nnc(SCC(=O)Nc3ccc([N+](=O)[O-])cc3C)n2C)cc1. The zero-order valence-electron chi connectivity index (χ0n) is 19.8. The summed E-state index contributed by atoms with van der Waals surface area (Å²) >= 11 is 1.20. The third-order valence-electron chi connectivity index (χ3n) is 5.18. The number of ether oxygens (including phenoxy) is 1. The molecule has 3 rings (SSSR count). The van der Waals surface area contributed by atoms with Gasteiger partial charge in [-0.2, -0.15) is 0 Å². The van der Waals surface area contributed by atoms with Crippen molar-refractivity contribution in [2.24, 2.45) is 7.05 Å². The summed E-state index contributed by atoms with van der Waals surface area (Å²) in [4.78, 5) is 35.2. The highest BCUT2D eigenvalue weighted by atomic mass is 32.2. The number of thioether (sulfide) groups is 1. The maximum Gasteiger partial charge on any atom is 0.269 e. The molecular formula is C23H26N6O5S. The van der Waals surface area contributed by atoms with E-state index in [0.717, 1.165) is 11.3 Å². The van der Waals surface area contributed by atoms with Crippen molar-refractivity contribution in [1.82, 2.24) is 20.1 Å². The molecule has 0 bridgehead atoms. The van der Waals surface area contributed by atoms with Crippen molar-refractivity contribution in [3.8, 4) is 5.75 Å². The molecule has 0 saturated carbocycles. The lowest BCUT2D eigenvalue weighted by Crippen LogP contribution is -2.29. The molecule has 0 aliphatic heterocycles. The van der Waals surface area contributed by atoms with Crippen molar-refractivity contribution in [3.63, 3.8) is 0 Å². The van der Waals surface area contributed by atoms with Crippen LogP contribution in [0.5, 0.6) is 5.75 Å². The lowest BCUT2D eigenvalue weighted by Gasteiger charge is -2.14. The summed E-state index contributed by atoms with van der Waals surface area (Å²) in [6, 6.07) is 11.1. The Bertz CT molecular complexity index is 1230. The Kier molecular flexibility index (Phi) is 8.42. The minimum atomic E-state index is -0.484. The summed E-state index contributed by atoms with van der Waals surface area (Å²) in [5, 5.41) is 25.3. The summed E-state index contributed by atoms with van der Waals surface area (Å²) in [7, 11) is 3.35. The highest BCUT2D eigenvalue weighted by Crippen LogP contribution is 2.23. The number of non-ortho nitro benzene ring substituents is 1. The van der Waals surface area contributed by atoms with Crippen LogP contribution in [0.3, 0.4) is 0 Å². The number of nitrogens with one attached hydrogen (secondary N) is 2. The largest absolute Gasteiger partial charge is 0.497 e. The molecule has 35 heavy (non-hydrogen) atoms. The fourth-order valence-electron chi connectivity index (χ4n) is 3.33. The summed E-state index contributed by atoms with van der Waals surface area (Å²) in [5.41, 5.74) is 1.93. The zero-order chi connectivity index (χ0) is 25.5. The first-order valence-corrected chi connectivity index (χ1v) is 11.7. The summed E-state index contributed by atoms with van der Waals surface area (Å²) in [6.45, 7) is 3.50. The number of benzene rings is 2. The number of anilines is 1. The Morgan fingerprint density at radius 3 is 2.51 bits per heavy atom. The van der Waals surface area contributed by atoms with Gasteiger partial charge in [0.05, 0.1) is 30.2 Å². The lowest BCUT2D eigenvalue weighted by atomic mass is 10.1. The summed E-state index contributed by atoms with van der Waals surface area (Å²) < 4.78 is 6.86. The van der Waals surface area contributed by atoms with E-state index in [0.29, 0.717) is 22.2 Å². The number of nitro groups is 1. The molecule has 184 valence electrons. The van der Waals surface area contributed by atoms with E-state index in [2.05, 4.69) is 20.8 Å². The number of nitrogens with zero attached hydrogens (tertiary/aromatic N) is 4. The molecule has 3 aromatic rings. The number of carbonyl (C=O) groups is 2. The number of carbonyl (C=O) groups excluding carboxylic acids is 2. The van der Waals surface area contributed by atoms with Gasteiger partial charge in [-0.05, 0) is 43.2 Å². The average Bonchev–Trinajstić information content (AvgIpc) is 3.19. The van der Waals surface area contributed by atoms with Crippen LogP contribution in [-0.2, 0) is 23.1 Å². The molecule has 0 radical (unpaired) electrons. The van der Waals surface area contributed by atoms with E-state index >= 15 is 0 Å². The molecule has 11 nitrogen and oxygen atoms in total. The lowest BCUT2D eigenvalue weighted by molar-refractivity contribution is -0.384. The Balaban J connectivity index is 1.53. The molecule has 0 fully saturated rings. The molecule has 0 unspecified atom stereocenters. The highest BCUT2D eigenvalue weighted by molar-refractivity contribution is 7.99. The van der Waals surface area contributed by atoms with Crippen LogP contribution in [0.2, 0.25) is 0 Å². The minimum Gasteiger partial charge on any atom is -0.497 e. The van der Waals surface area contributed by atoms with Gasteiger partial charge in [0, 0.05) is 24.9 Å². The predicted octanol–water partition coefficient (Wildman–Crippen LogP) is 3.19. The van der Waals surface area contributed by atoms with E-state index in [9.17, 15) is 19.7 Å². The second kappa shape index (κ2) is 11.5. The second-order valence-electron chi connectivity index (χ2n) is 7.81. The van der Waals surface area contributed by atoms with Crippen molar-refractivity contribution >= 4 is 35.0 Å². The van der Waals surface area contributed by atoms with Crippen LogP contribution in [0.15, 0.2) is 47.6 Å². The molecule has 0 aliphatic carbocycles. The van der Waals surface area contributed by atoms with Gasteiger partial charge < -0.3 is 19.9 Å². The number of aryl methyl sites for hydroxylation is 1. The van der Waals surface area contributed by atoms with E-state index in [-0.39, 0.29) is 35.7 Å². The molecule has 0 saturated heterocycles. The molecule has 1 atom stereocenters. The van der Waals surface area contributed by atoms with Crippen molar-refractivity contribution < 1.29 is 19.2 Å². The fraction of sp³-hybridized carbons (Fsp3) is 0.304. The molecule has 2 amide bonds. The Morgan fingerprint density at radius 1 is 1.17 bits per heavy atom. The first-order valence-electron chi connectivity index (χ1n) is 10.7. The van der Waals surface area contributed by atoms with E-state index in [1.807, 2.05) is 19.1 Å². The fourth-order valence-corrected chi connectivity index (χ4v) is 4.05. The maximum atomic E-state index is 12.4. The maximum absolute atomic E-state index is 12.4. The van der Waals surface area contributed by atoms with Gasteiger partial charge in [0.1, 0.15) is 5.75 Å². The van der Waals surface area contributed by atoms with Crippen LogP contribution < -0.4 is 15.4 Å². The molecule has 12 heteroatoms. The standard InChI is InChI=1S/C23H26N6O5S/c1-14-11-17(29(32)33)7-10-19(14)25-21(31)13-35-23-27-26-22(28(23)3)15(2)24-20(30)12-16-5-8-18(34-4)9-6-16/h5-11,15H,12-13H2,1-4H3,(H,24,30)(H,25,31)/t15-/m1/s1. The number of aromatic nitrogens is 3. The van der Waals surface area contributed by atoms with Crippen molar-refractivity contribution in [2.75, 3.05) is 18.2 Å². The van der Waals surface area contributed by atoms with E-state index in [1.165, 1.54) is 30.0 Å². The Morgan fingerprint density at radius 2 is 1.89 bits per heavy atom. The Labute approximate surface area is 206 Å². The van der Waals surface area contributed by atoms with Crippen molar-refractivity contribution in [2.45, 2.75) is 31.5 Å². The van der Waals surface area contributed by atoms with E-state index in [1.54, 1.807) is 37.8 Å². The van der Waals surface area contributed by atoms with Crippen molar-refractivity contribution in [3.05, 3.63) is 69.5 Å². The summed E-state index contributed by atoms with van der Waals surface area (Å²) in [5.74, 6) is 0.918. The third kappa shape index (κ3) is 6.79. The number of methoxy groups -OCH3 is 1. The number of hydrogen-bond acceptors (Lipinski definition) is 8. The zero-order valence-corrected chi connectivity index (χ0v) is 20.6. The van der Waals surface area contributed by atoms with Gasteiger partial charge in [0.2, 0.25) is 11.8 Å². The van der Waals surface area contributed by atoms with Crippen LogP contribution >= 0.6 is 11.8 Å². The van der Waals surface area contributed by atoms with Gasteiger partial charge in [-0.25, -0.2) is 0 Å². The van der Waals surface area contributed by atoms with E-state index in [4.69, 9.17) is 4.74 Å².